The number of methoxy groups -OCH3 is 1. The first-order chi connectivity index (χ1) is 14.5. The molecule has 0 N–H and O–H groups in total. The van der Waals surface area contributed by atoms with Crippen LogP contribution >= 0.6 is 0 Å². The number of para-hydroxylation sites is 1. The number of hydrogen-bond donors (Lipinski definition) is 0. The molecule has 0 aliphatic heterocycles. The lowest BCUT2D eigenvalue weighted by atomic mass is 10.1. The van der Waals surface area contributed by atoms with Gasteiger partial charge in [-0.15, -0.1) is 0 Å². The van der Waals surface area contributed by atoms with Crippen LogP contribution in [-0.4, -0.2) is 17.6 Å². The molecule has 0 spiro atoms. The van der Waals surface area contributed by atoms with Crippen LogP contribution in [0.25, 0.3) is 16.7 Å². The molecule has 4 aromatic rings. The van der Waals surface area contributed by atoms with E-state index in [1.807, 2.05) is 54.8 Å². The van der Waals surface area contributed by atoms with Gasteiger partial charge in [-0.1, -0.05) is 18.2 Å². The van der Waals surface area contributed by atoms with E-state index in [1.165, 1.54) is 13.2 Å². The molecule has 2 aromatic heterocycles. The van der Waals surface area contributed by atoms with Crippen molar-refractivity contribution >= 4 is 16.9 Å². The molecule has 0 radical (unpaired) electrons. The number of hydrogen-bond acceptors (Lipinski definition) is 5. The maximum absolute atomic E-state index is 12.8. The van der Waals surface area contributed by atoms with Crippen molar-refractivity contribution in [3.05, 3.63) is 93.6 Å². The van der Waals surface area contributed by atoms with E-state index in [9.17, 15) is 9.59 Å². The summed E-state index contributed by atoms with van der Waals surface area (Å²) in [6, 6.07) is 18.2. The van der Waals surface area contributed by atoms with E-state index in [1.54, 1.807) is 18.2 Å². The Morgan fingerprint density at radius 1 is 1.03 bits per heavy atom. The van der Waals surface area contributed by atoms with Crippen molar-refractivity contribution in [3.8, 4) is 11.4 Å². The second-order valence-electron chi connectivity index (χ2n) is 6.98. The highest BCUT2D eigenvalue weighted by atomic mass is 16.5. The van der Waals surface area contributed by atoms with Gasteiger partial charge in [0.1, 0.15) is 17.9 Å². The Labute approximate surface area is 173 Å². The van der Waals surface area contributed by atoms with Crippen LogP contribution in [0.1, 0.15) is 27.3 Å². The molecule has 2 aromatic carbocycles. The SMILES string of the molecule is COc1ccc2c(COC(=O)c3cc(C)n(-c4ccccc4)c3C)cc(=O)oc2c1. The van der Waals surface area contributed by atoms with Crippen molar-refractivity contribution in [1.82, 2.24) is 4.57 Å². The normalized spacial score (nSPS) is 10.9. The van der Waals surface area contributed by atoms with E-state index in [0.29, 0.717) is 27.8 Å². The number of carbonyl (C=O) groups excluding carboxylic acids is 1. The van der Waals surface area contributed by atoms with Crippen molar-refractivity contribution in [2.45, 2.75) is 20.5 Å². The second kappa shape index (κ2) is 7.91. The third-order valence-electron chi connectivity index (χ3n) is 5.06. The third kappa shape index (κ3) is 3.59. The van der Waals surface area contributed by atoms with Gasteiger partial charge >= 0.3 is 11.6 Å². The van der Waals surface area contributed by atoms with Crippen molar-refractivity contribution in [1.29, 1.82) is 0 Å². The van der Waals surface area contributed by atoms with Gasteiger partial charge in [0.2, 0.25) is 0 Å². The van der Waals surface area contributed by atoms with Gasteiger partial charge in [0.05, 0.1) is 12.7 Å². The molecule has 0 unspecified atom stereocenters. The van der Waals surface area contributed by atoms with Gasteiger partial charge in [-0.3, -0.25) is 0 Å². The molecular formula is C24H21NO5. The number of aromatic nitrogens is 1. The highest BCUT2D eigenvalue weighted by Gasteiger charge is 2.18. The first-order valence-corrected chi connectivity index (χ1v) is 9.50. The molecule has 6 heteroatoms. The van der Waals surface area contributed by atoms with E-state index in [0.717, 1.165) is 17.1 Å². The van der Waals surface area contributed by atoms with Gasteiger partial charge in [0.25, 0.3) is 0 Å². The topological polar surface area (TPSA) is 70.7 Å². The van der Waals surface area contributed by atoms with Crippen LogP contribution in [0.5, 0.6) is 5.75 Å². The van der Waals surface area contributed by atoms with Crippen LogP contribution in [0.2, 0.25) is 0 Å². The van der Waals surface area contributed by atoms with E-state index in [-0.39, 0.29) is 6.61 Å². The lowest BCUT2D eigenvalue weighted by molar-refractivity contribution is 0.0473. The predicted octanol–water partition coefficient (Wildman–Crippen LogP) is 4.57. The third-order valence-corrected chi connectivity index (χ3v) is 5.06. The standard InChI is InChI=1S/C24H21NO5/c1-15-11-21(16(2)25(15)18-7-5-4-6-8-18)24(27)29-14-17-12-23(26)30-22-13-19(28-3)9-10-20(17)22/h4-13H,14H2,1-3H3. The fourth-order valence-electron chi connectivity index (χ4n) is 3.62. The van der Waals surface area contributed by atoms with Crippen LogP contribution in [0.3, 0.4) is 0 Å². The minimum atomic E-state index is -0.510. The van der Waals surface area contributed by atoms with Gasteiger partial charge in [0, 0.05) is 40.2 Å². The van der Waals surface area contributed by atoms with Crippen molar-refractivity contribution in [2.24, 2.45) is 0 Å². The molecule has 0 aliphatic rings. The monoisotopic (exact) mass is 403 g/mol. The van der Waals surface area contributed by atoms with E-state index in [2.05, 4.69) is 0 Å². The Morgan fingerprint density at radius 3 is 2.53 bits per heavy atom. The van der Waals surface area contributed by atoms with E-state index in [4.69, 9.17) is 13.9 Å². The molecule has 6 nitrogen and oxygen atoms in total. The van der Waals surface area contributed by atoms with Crippen molar-refractivity contribution in [2.75, 3.05) is 7.11 Å². The van der Waals surface area contributed by atoms with E-state index >= 15 is 0 Å². The molecule has 2 heterocycles. The summed E-state index contributed by atoms with van der Waals surface area (Å²) in [4.78, 5) is 24.7. The quantitative estimate of drug-likeness (QED) is 0.361. The summed E-state index contributed by atoms with van der Waals surface area (Å²) in [5.41, 5.74) is 3.65. The number of ether oxygens (including phenoxy) is 2. The Bertz CT molecular complexity index is 1280. The molecule has 0 saturated carbocycles. The lowest BCUT2D eigenvalue weighted by Gasteiger charge is -2.10. The summed E-state index contributed by atoms with van der Waals surface area (Å²) >= 11 is 0. The summed E-state index contributed by atoms with van der Waals surface area (Å²) in [6.07, 6.45) is 0. The Morgan fingerprint density at radius 2 is 1.80 bits per heavy atom. The average Bonchev–Trinajstić information content (AvgIpc) is 3.05. The van der Waals surface area contributed by atoms with Gasteiger partial charge in [-0.25, -0.2) is 9.59 Å². The summed E-state index contributed by atoms with van der Waals surface area (Å²) < 4.78 is 18.0. The second-order valence-corrected chi connectivity index (χ2v) is 6.98. The molecule has 0 atom stereocenters. The first kappa shape index (κ1) is 19.5. The summed E-state index contributed by atoms with van der Waals surface area (Å²) in [7, 11) is 1.54. The molecule has 0 aliphatic carbocycles. The van der Waals surface area contributed by atoms with Crippen LogP contribution in [0.15, 0.2) is 69.9 Å². The predicted molar refractivity (Wildman–Crippen MR) is 113 cm³/mol. The average molecular weight is 403 g/mol. The highest BCUT2D eigenvalue weighted by molar-refractivity contribution is 5.91. The molecule has 152 valence electrons. The highest BCUT2D eigenvalue weighted by Crippen LogP contribution is 2.25. The molecule has 0 bridgehead atoms. The Kier molecular flexibility index (Phi) is 5.14. The molecule has 0 amide bonds. The van der Waals surface area contributed by atoms with Crippen LogP contribution < -0.4 is 10.4 Å². The number of rotatable bonds is 5. The Hall–Kier alpha value is -3.80. The minimum absolute atomic E-state index is 0.0394. The number of esters is 1. The van der Waals surface area contributed by atoms with Crippen LogP contribution in [0, 0.1) is 13.8 Å². The van der Waals surface area contributed by atoms with Gasteiger partial charge in [-0.2, -0.15) is 0 Å². The van der Waals surface area contributed by atoms with Crippen LogP contribution in [-0.2, 0) is 11.3 Å². The maximum Gasteiger partial charge on any atom is 0.340 e. The number of nitrogens with zero attached hydrogens (tertiary/aromatic N) is 1. The maximum atomic E-state index is 12.8. The molecule has 30 heavy (non-hydrogen) atoms. The van der Waals surface area contributed by atoms with E-state index < -0.39 is 11.6 Å². The number of aryl methyl sites for hydroxylation is 1. The summed E-state index contributed by atoms with van der Waals surface area (Å²) in [6.45, 7) is 3.79. The smallest absolute Gasteiger partial charge is 0.340 e. The van der Waals surface area contributed by atoms with Crippen LogP contribution in [0.4, 0.5) is 0 Å². The summed E-state index contributed by atoms with van der Waals surface area (Å²) in [5, 5.41) is 0.693. The number of benzene rings is 2. The molecule has 4 rings (SSSR count). The van der Waals surface area contributed by atoms with Gasteiger partial charge in [0.15, 0.2) is 0 Å². The fraction of sp³-hybridized carbons (Fsp3) is 0.167. The van der Waals surface area contributed by atoms with Crippen molar-refractivity contribution in [3.63, 3.8) is 0 Å². The fourth-order valence-corrected chi connectivity index (χ4v) is 3.62. The zero-order valence-electron chi connectivity index (χ0n) is 17.0. The Balaban J connectivity index is 1.61. The molecule has 0 fully saturated rings. The zero-order chi connectivity index (χ0) is 21.3. The van der Waals surface area contributed by atoms with Gasteiger partial charge < -0.3 is 18.5 Å². The minimum Gasteiger partial charge on any atom is -0.497 e. The van der Waals surface area contributed by atoms with Crippen molar-refractivity contribution < 1.29 is 18.7 Å². The first-order valence-electron chi connectivity index (χ1n) is 9.50. The van der Waals surface area contributed by atoms with Gasteiger partial charge in [-0.05, 0) is 44.2 Å². The number of fused-ring (bicyclic) bond motifs is 1. The largest absolute Gasteiger partial charge is 0.497 e. The number of carbonyl (C=O) groups is 1. The lowest BCUT2D eigenvalue weighted by Crippen LogP contribution is -2.09. The molecular weight excluding hydrogens is 382 g/mol. The summed E-state index contributed by atoms with van der Waals surface area (Å²) in [5.74, 6) is 0.133. The molecule has 0 saturated heterocycles. The zero-order valence-corrected chi connectivity index (χ0v) is 17.0.